The molecule has 7 rings (SSSR count). The maximum absolute atomic E-state index is 5.84. The molecule has 2 fully saturated rings. The fourth-order valence-corrected chi connectivity index (χ4v) is 6.54. The summed E-state index contributed by atoms with van der Waals surface area (Å²) in [5.41, 5.74) is 5.32. The molecule has 0 bridgehead atoms. The first-order chi connectivity index (χ1) is 19.7. The van der Waals surface area contributed by atoms with E-state index in [1.807, 2.05) is 42.3 Å². The van der Waals surface area contributed by atoms with Gasteiger partial charge in [-0.2, -0.15) is 5.10 Å². The molecule has 206 valence electrons. The van der Waals surface area contributed by atoms with Crippen molar-refractivity contribution in [1.82, 2.24) is 34.7 Å². The summed E-state index contributed by atoms with van der Waals surface area (Å²) in [6.07, 6.45) is 12.5. The van der Waals surface area contributed by atoms with Gasteiger partial charge in [0.25, 0.3) is 0 Å². The highest BCUT2D eigenvalue weighted by Gasteiger charge is 2.43. The van der Waals surface area contributed by atoms with Gasteiger partial charge in [-0.3, -0.25) is 10.00 Å². The zero-order valence-electron chi connectivity index (χ0n) is 23.0. The van der Waals surface area contributed by atoms with Gasteiger partial charge in [-0.15, -0.1) is 5.10 Å². The monoisotopic (exact) mass is 538 g/mol. The number of aromatic amines is 1. The van der Waals surface area contributed by atoms with Crippen molar-refractivity contribution in [2.75, 3.05) is 38.3 Å². The Hall–Kier alpha value is -4.18. The summed E-state index contributed by atoms with van der Waals surface area (Å²) in [7, 11) is 1.66. The van der Waals surface area contributed by atoms with E-state index in [4.69, 9.17) is 14.5 Å². The molecule has 0 amide bonds. The van der Waals surface area contributed by atoms with Crippen LogP contribution in [0.5, 0.6) is 11.6 Å². The Labute approximate surface area is 232 Å². The molecule has 40 heavy (non-hydrogen) atoms. The van der Waals surface area contributed by atoms with Gasteiger partial charge in [0, 0.05) is 54.8 Å². The molecule has 2 aliphatic heterocycles. The number of hydrogen-bond donors (Lipinski definition) is 1. The largest absolute Gasteiger partial charge is 0.492 e. The van der Waals surface area contributed by atoms with Crippen LogP contribution in [-0.2, 0) is 6.54 Å². The summed E-state index contributed by atoms with van der Waals surface area (Å²) in [6.45, 7) is 6.68. The van der Waals surface area contributed by atoms with Crippen molar-refractivity contribution in [2.24, 2.45) is 0 Å². The highest BCUT2D eigenvalue weighted by Crippen LogP contribution is 2.40. The van der Waals surface area contributed by atoms with E-state index < -0.39 is 0 Å². The summed E-state index contributed by atoms with van der Waals surface area (Å²) in [4.78, 5) is 14.5. The van der Waals surface area contributed by atoms with E-state index in [2.05, 4.69) is 54.3 Å². The summed E-state index contributed by atoms with van der Waals surface area (Å²) >= 11 is 0. The molecule has 10 heteroatoms. The zero-order valence-corrected chi connectivity index (χ0v) is 23.0. The Kier molecular flexibility index (Phi) is 6.27. The van der Waals surface area contributed by atoms with Gasteiger partial charge in [0.2, 0.25) is 5.88 Å². The van der Waals surface area contributed by atoms with Crippen molar-refractivity contribution >= 4 is 22.4 Å². The number of ether oxygens (including phenoxy) is 2. The lowest BCUT2D eigenvalue weighted by Gasteiger charge is -2.45. The number of rotatable bonds is 7. The number of hydrogen-bond acceptors (Lipinski definition) is 8. The second-order valence-electron chi connectivity index (χ2n) is 10.8. The van der Waals surface area contributed by atoms with E-state index in [1.54, 1.807) is 7.11 Å². The quantitative estimate of drug-likeness (QED) is 0.318. The van der Waals surface area contributed by atoms with Gasteiger partial charge in [0.1, 0.15) is 11.6 Å². The first-order valence-corrected chi connectivity index (χ1v) is 14.1. The number of nitrogens with one attached hydrogen (secondary N) is 1. The van der Waals surface area contributed by atoms with Gasteiger partial charge in [-0.1, -0.05) is 6.07 Å². The second-order valence-corrected chi connectivity index (χ2v) is 10.8. The van der Waals surface area contributed by atoms with Crippen LogP contribution in [0.2, 0.25) is 0 Å². The van der Waals surface area contributed by atoms with Crippen molar-refractivity contribution in [1.29, 1.82) is 0 Å². The number of likely N-dealkylation sites (tertiary alicyclic amines) is 1. The van der Waals surface area contributed by atoms with Crippen LogP contribution < -0.4 is 14.4 Å². The van der Waals surface area contributed by atoms with Gasteiger partial charge < -0.3 is 14.4 Å². The van der Waals surface area contributed by atoms with Crippen LogP contribution in [0.1, 0.15) is 38.2 Å². The molecular formula is C30H34N8O2. The van der Waals surface area contributed by atoms with Gasteiger partial charge in [-0.05, 0) is 62.9 Å². The molecule has 2 saturated heterocycles. The molecule has 10 nitrogen and oxygen atoms in total. The van der Waals surface area contributed by atoms with E-state index in [0.29, 0.717) is 12.5 Å². The minimum absolute atomic E-state index is 0.264. The Morgan fingerprint density at radius 3 is 2.65 bits per heavy atom. The number of pyridine rings is 3. The molecule has 5 aromatic heterocycles. The SMILES string of the molecule is CCOc1cc(-c2ccc(N3CCC4(CCCN4Cc4ccc(OC)nc4)CC3)nc2)c2c3cn[nH]c3nn2c1. The molecule has 0 atom stereocenters. The first kappa shape index (κ1) is 24.8. The van der Waals surface area contributed by atoms with Gasteiger partial charge in [0.05, 0.1) is 37.0 Å². The predicted octanol–water partition coefficient (Wildman–Crippen LogP) is 4.71. The topological polar surface area (TPSA) is 96.7 Å². The predicted molar refractivity (Wildman–Crippen MR) is 154 cm³/mol. The van der Waals surface area contributed by atoms with Crippen molar-refractivity contribution in [3.05, 3.63) is 60.7 Å². The van der Waals surface area contributed by atoms with Gasteiger partial charge >= 0.3 is 0 Å². The Morgan fingerprint density at radius 2 is 1.90 bits per heavy atom. The Bertz CT molecular complexity index is 1620. The molecule has 2 aliphatic rings. The number of methoxy groups -OCH3 is 1. The van der Waals surface area contributed by atoms with Crippen LogP contribution >= 0.6 is 0 Å². The number of piperidine rings is 1. The number of nitrogens with zero attached hydrogens (tertiary/aromatic N) is 7. The third kappa shape index (κ3) is 4.32. The second kappa shape index (κ2) is 10.1. The molecule has 1 N–H and O–H groups in total. The molecule has 1 spiro atoms. The van der Waals surface area contributed by atoms with Crippen molar-refractivity contribution in [3.63, 3.8) is 0 Å². The smallest absolute Gasteiger partial charge is 0.212 e. The normalized spacial score (nSPS) is 17.3. The highest BCUT2D eigenvalue weighted by atomic mass is 16.5. The standard InChI is InChI=1S/C30H34N8O2/c1-3-40-23-15-24(28-25-18-33-34-29(25)35-38(28)20-23)22-6-7-26(31-17-22)36-13-10-30(11-14-36)9-4-12-37(30)19-21-5-8-27(39-2)32-16-21/h5-8,15-18,20H,3-4,9-14,19H2,1-2H3,(H,34,35). The molecule has 7 heterocycles. The third-order valence-electron chi connectivity index (χ3n) is 8.61. The maximum atomic E-state index is 5.84. The Balaban J connectivity index is 1.09. The molecule has 0 unspecified atom stereocenters. The molecule has 0 aliphatic carbocycles. The van der Waals surface area contributed by atoms with E-state index in [9.17, 15) is 0 Å². The van der Waals surface area contributed by atoms with Crippen LogP contribution in [0.25, 0.3) is 27.7 Å². The fourth-order valence-electron chi connectivity index (χ4n) is 6.54. The van der Waals surface area contributed by atoms with Gasteiger partial charge in [0.15, 0.2) is 5.65 Å². The summed E-state index contributed by atoms with van der Waals surface area (Å²) in [6, 6.07) is 10.5. The summed E-state index contributed by atoms with van der Waals surface area (Å²) in [5, 5.41) is 12.8. The summed E-state index contributed by atoms with van der Waals surface area (Å²) < 4.78 is 12.9. The molecule has 0 saturated carbocycles. The number of anilines is 1. The van der Waals surface area contributed by atoms with Crippen molar-refractivity contribution in [3.8, 4) is 22.8 Å². The Morgan fingerprint density at radius 1 is 1.00 bits per heavy atom. The van der Waals surface area contributed by atoms with E-state index in [1.165, 1.54) is 18.4 Å². The maximum Gasteiger partial charge on any atom is 0.212 e. The highest BCUT2D eigenvalue weighted by molar-refractivity contribution is 6.00. The lowest BCUT2D eigenvalue weighted by Crippen LogP contribution is -2.52. The number of aromatic nitrogens is 6. The third-order valence-corrected chi connectivity index (χ3v) is 8.61. The van der Waals surface area contributed by atoms with Crippen LogP contribution in [0, 0.1) is 0 Å². The fraction of sp³-hybridized carbons (Fsp3) is 0.400. The molecular weight excluding hydrogens is 504 g/mol. The van der Waals surface area contributed by atoms with Gasteiger partial charge in [-0.25, -0.2) is 14.5 Å². The van der Waals surface area contributed by atoms with E-state index >= 15 is 0 Å². The van der Waals surface area contributed by atoms with Crippen LogP contribution in [-0.4, -0.2) is 73.6 Å². The zero-order chi connectivity index (χ0) is 27.1. The van der Waals surface area contributed by atoms with E-state index in [0.717, 1.165) is 78.3 Å². The lowest BCUT2D eigenvalue weighted by atomic mass is 9.84. The molecule has 0 aromatic carbocycles. The first-order valence-electron chi connectivity index (χ1n) is 14.1. The molecule has 0 radical (unpaired) electrons. The molecule has 5 aromatic rings. The average molecular weight is 539 g/mol. The van der Waals surface area contributed by atoms with Crippen LogP contribution in [0.4, 0.5) is 5.82 Å². The van der Waals surface area contributed by atoms with Crippen molar-refractivity contribution in [2.45, 2.75) is 44.7 Å². The van der Waals surface area contributed by atoms with E-state index in [-0.39, 0.29) is 5.54 Å². The number of fused-ring (bicyclic) bond motifs is 3. The van der Waals surface area contributed by atoms with Crippen LogP contribution in [0.3, 0.4) is 0 Å². The average Bonchev–Trinajstić information content (AvgIpc) is 3.69. The summed E-state index contributed by atoms with van der Waals surface area (Å²) in [5.74, 6) is 2.47. The minimum Gasteiger partial charge on any atom is -0.492 e. The lowest BCUT2D eigenvalue weighted by molar-refractivity contribution is 0.0995. The van der Waals surface area contributed by atoms with Crippen LogP contribution in [0.15, 0.2) is 55.1 Å². The number of H-pyrrole nitrogens is 1. The minimum atomic E-state index is 0.264. The van der Waals surface area contributed by atoms with Crippen molar-refractivity contribution < 1.29 is 9.47 Å².